The molecule has 2 atom stereocenters. The van der Waals surface area contributed by atoms with Crippen LogP contribution in [0.4, 0.5) is 19.3 Å². The lowest BCUT2D eigenvalue weighted by molar-refractivity contribution is -0.0394. The minimum absolute atomic E-state index is 0.129. The van der Waals surface area contributed by atoms with E-state index in [9.17, 15) is 13.6 Å². The molecule has 0 radical (unpaired) electrons. The van der Waals surface area contributed by atoms with Crippen molar-refractivity contribution >= 4 is 11.8 Å². The van der Waals surface area contributed by atoms with Crippen LogP contribution < -0.4 is 4.90 Å². The molecule has 2 saturated heterocycles. The third-order valence-corrected chi connectivity index (χ3v) is 6.65. The highest BCUT2D eigenvalue weighted by Gasteiger charge is 2.35. The van der Waals surface area contributed by atoms with E-state index in [1.807, 2.05) is 31.9 Å². The van der Waals surface area contributed by atoms with E-state index in [0.717, 1.165) is 25.7 Å². The van der Waals surface area contributed by atoms with Crippen molar-refractivity contribution in [3.8, 4) is 11.3 Å². The zero-order valence-corrected chi connectivity index (χ0v) is 22.5. The number of carbonyl (C=O) groups excluding carboxylic acids is 1. The maximum absolute atomic E-state index is 14.3. The third kappa shape index (κ3) is 6.77. The summed E-state index contributed by atoms with van der Waals surface area (Å²) in [5.74, 6) is 0.328. The number of piperazine rings is 1. The van der Waals surface area contributed by atoms with Crippen LogP contribution in [0, 0.1) is 5.92 Å². The van der Waals surface area contributed by atoms with E-state index in [1.54, 1.807) is 27.9 Å². The van der Waals surface area contributed by atoms with Gasteiger partial charge in [-0.25, -0.2) is 23.2 Å². The molecule has 0 saturated carbocycles. The molecule has 0 N–H and O–H groups in total. The van der Waals surface area contributed by atoms with Gasteiger partial charge in [0.05, 0.1) is 23.6 Å². The lowest BCUT2D eigenvalue weighted by atomic mass is 9.99. The molecule has 0 aliphatic carbocycles. The van der Waals surface area contributed by atoms with Crippen molar-refractivity contribution in [3.05, 3.63) is 30.2 Å². The van der Waals surface area contributed by atoms with Gasteiger partial charge in [-0.2, -0.15) is 5.10 Å². The number of alkyl halides is 2. The van der Waals surface area contributed by atoms with Crippen molar-refractivity contribution in [2.75, 3.05) is 31.1 Å². The average molecular weight is 520 g/mol. The third-order valence-electron chi connectivity index (χ3n) is 6.65. The normalized spacial score (nSPS) is 21.1. The van der Waals surface area contributed by atoms with E-state index < -0.39 is 12.0 Å². The maximum Gasteiger partial charge on any atom is 0.410 e. The molecule has 4 heterocycles. The number of pyridine rings is 1. The summed E-state index contributed by atoms with van der Waals surface area (Å²) in [5.41, 5.74) is 0.672. The summed E-state index contributed by atoms with van der Waals surface area (Å²) < 4.78 is 41.7. The van der Waals surface area contributed by atoms with Crippen molar-refractivity contribution in [3.63, 3.8) is 0 Å². The Labute approximate surface area is 217 Å². The summed E-state index contributed by atoms with van der Waals surface area (Å²) >= 11 is 0. The Morgan fingerprint density at radius 3 is 2.65 bits per heavy atom. The smallest absolute Gasteiger partial charge is 0.410 e. The minimum atomic E-state index is -2.74. The molecule has 10 heteroatoms. The molecule has 2 aliphatic heterocycles. The van der Waals surface area contributed by atoms with Gasteiger partial charge in [0, 0.05) is 38.0 Å². The summed E-state index contributed by atoms with van der Waals surface area (Å²) in [6.07, 6.45) is 3.96. The van der Waals surface area contributed by atoms with Gasteiger partial charge in [0.1, 0.15) is 17.5 Å². The summed E-state index contributed by atoms with van der Waals surface area (Å²) in [7, 11) is 0. The number of halogens is 2. The van der Waals surface area contributed by atoms with Crippen LogP contribution >= 0.6 is 0 Å². The predicted molar refractivity (Wildman–Crippen MR) is 138 cm³/mol. The van der Waals surface area contributed by atoms with Gasteiger partial charge in [-0.1, -0.05) is 13.8 Å². The van der Waals surface area contributed by atoms with E-state index in [-0.39, 0.29) is 24.1 Å². The molecule has 8 nitrogen and oxygen atoms in total. The van der Waals surface area contributed by atoms with Gasteiger partial charge < -0.3 is 19.3 Å². The number of aromatic nitrogens is 3. The summed E-state index contributed by atoms with van der Waals surface area (Å²) in [4.78, 5) is 20.9. The topological polar surface area (TPSA) is 72.7 Å². The molecule has 2 fully saturated rings. The second-order valence-corrected chi connectivity index (χ2v) is 11.3. The van der Waals surface area contributed by atoms with Crippen molar-refractivity contribution in [2.24, 2.45) is 5.92 Å². The van der Waals surface area contributed by atoms with Crippen molar-refractivity contribution in [1.82, 2.24) is 19.7 Å². The number of hydrogen-bond donors (Lipinski definition) is 0. The number of rotatable bonds is 6. The molecule has 4 rings (SSSR count). The molecule has 37 heavy (non-hydrogen) atoms. The molecule has 0 aromatic carbocycles. The van der Waals surface area contributed by atoms with Gasteiger partial charge in [0.2, 0.25) is 0 Å². The van der Waals surface area contributed by atoms with E-state index >= 15 is 0 Å². The zero-order valence-electron chi connectivity index (χ0n) is 22.5. The quantitative estimate of drug-likeness (QED) is 0.462. The maximum atomic E-state index is 14.3. The summed E-state index contributed by atoms with van der Waals surface area (Å²) in [6, 6.07) is 3.33. The minimum Gasteiger partial charge on any atom is -0.444 e. The van der Waals surface area contributed by atoms with Gasteiger partial charge >= 0.3 is 6.09 Å². The van der Waals surface area contributed by atoms with Crippen LogP contribution in [0.5, 0.6) is 0 Å². The molecule has 2 aromatic heterocycles. The average Bonchev–Trinajstić information content (AvgIpc) is 3.33. The predicted octanol–water partition coefficient (Wildman–Crippen LogP) is 6.05. The number of ether oxygens (including phenoxy) is 2. The van der Waals surface area contributed by atoms with Gasteiger partial charge in [0.15, 0.2) is 0 Å². The van der Waals surface area contributed by atoms with Crippen LogP contribution in [0.15, 0.2) is 24.5 Å². The second kappa shape index (κ2) is 11.3. The Morgan fingerprint density at radius 2 is 2.00 bits per heavy atom. The monoisotopic (exact) mass is 519 g/mol. The largest absolute Gasteiger partial charge is 0.444 e. The van der Waals surface area contributed by atoms with Crippen LogP contribution in [0.2, 0.25) is 0 Å². The second-order valence-electron chi connectivity index (χ2n) is 11.3. The number of carbonyl (C=O) groups is 1. The molecule has 1 amide bonds. The van der Waals surface area contributed by atoms with Crippen LogP contribution in [0.1, 0.15) is 78.6 Å². The Bertz CT molecular complexity index is 1060. The van der Waals surface area contributed by atoms with Crippen LogP contribution in [0.25, 0.3) is 11.3 Å². The van der Waals surface area contributed by atoms with E-state index in [0.29, 0.717) is 49.1 Å². The van der Waals surface area contributed by atoms with E-state index in [2.05, 4.69) is 23.9 Å². The van der Waals surface area contributed by atoms with Crippen molar-refractivity contribution in [2.45, 2.75) is 84.6 Å². The number of amides is 1. The Kier molecular flexibility index (Phi) is 8.36. The molecule has 2 aromatic rings. The summed E-state index contributed by atoms with van der Waals surface area (Å²) in [6.45, 7) is 11.6. The van der Waals surface area contributed by atoms with Gasteiger partial charge in [-0.05, 0) is 64.5 Å². The van der Waals surface area contributed by atoms with Crippen molar-refractivity contribution < 1.29 is 23.0 Å². The molecule has 204 valence electrons. The fourth-order valence-electron chi connectivity index (χ4n) is 5.00. The highest BCUT2D eigenvalue weighted by Crippen LogP contribution is 2.34. The van der Waals surface area contributed by atoms with Gasteiger partial charge in [0.25, 0.3) is 6.43 Å². The van der Waals surface area contributed by atoms with Gasteiger partial charge in [-0.3, -0.25) is 0 Å². The number of anilines is 1. The fourth-order valence-corrected chi connectivity index (χ4v) is 5.00. The Balaban J connectivity index is 1.55. The lowest BCUT2D eigenvalue weighted by Crippen LogP contribution is -2.56. The van der Waals surface area contributed by atoms with Crippen LogP contribution in [0.3, 0.4) is 0 Å². The van der Waals surface area contributed by atoms with Gasteiger partial charge in [-0.15, -0.1) is 0 Å². The molecule has 1 unspecified atom stereocenters. The first kappa shape index (κ1) is 27.3. The first-order chi connectivity index (χ1) is 17.5. The summed E-state index contributed by atoms with van der Waals surface area (Å²) in [5, 5.41) is 4.40. The molecule has 2 aliphatic rings. The van der Waals surface area contributed by atoms with Crippen LogP contribution in [-0.2, 0) is 9.47 Å². The van der Waals surface area contributed by atoms with E-state index in [1.165, 1.54) is 0 Å². The first-order valence-electron chi connectivity index (χ1n) is 13.2. The SMILES string of the molecule is CC(C)C[C@@H]1CN(c2ccc(-c3cnn(C4CCCCO4)c3)nc2C(F)F)CCN1C(=O)OC(C)(C)C. The highest BCUT2D eigenvalue weighted by molar-refractivity contribution is 5.69. The van der Waals surface area contributed by atoms with Crippen molar-refractivity contribution in [1.29, 1.82) is 0 Å². The Hall–Kier alpha value is -2.75. The molecular formula is C27H39F2N5O3. The standard InChI is InChI=1S/C27H39F2N5O3/c1-18(2)14-20-17-32(11-12-33(20)26(35)37-27(3,4)5)22-10-9-21(31-24(22)25(28)29)19-15-30-34(16-19)23-8-6-7-13-36-23/h9-10,15-16,18,20,23,25H,6-8,11-14,17H2,1-5H3/t20-,23?/m1/s1. The molecule has 0 bridgehead atoms. The highest BCUT2D eigenvalue weighted by atomic mass is 19.3. The van der Waals surface area contributed by atoms with E-state index in [4.69, 9.17) is 9.47 Å². The zero-order chi connectivity index (χ0) is 26.7. The fraction of sp³-hybridized carbons (Fsp3) is 0.667. The first-order valence-corrected chi connectivity index (χ1v) is 13.2. The number of hydrogen-bond acceptors (Lipinski definition) is 6. The number of nitrogens with zero attached hydrogens (tertiary/aromatic N) is 5. The Morgan fingerprint density at radius 1 is 1.22 bits per heavy atom. The molecular weight excluding hydrogens is 480 g/mol. The molecule has 0 spiro atoms. The van der Waals surface area contributed by atoms with Crippen LogP contribution in [-0.4, -0.2) is 63.6 Å². The lowest BCUT2D eigenvalue weighted by Gasteiger charge is -2.43.